The topological polar surface area (TPSA) is 58.1 Å². The number of nitrogens with one attached hydrogen (secondary N) is 2. The van der Waals surface area contributed by atoms with Gasteiger partial charge in [-0.15, -0.1) is 0 Å². The maximum atomic E-state index is 5.99. The number of ether oxygens (including phenoxy) is 2. The first-order valence-electron chi connectivity index (χ1n) is 10.4. The first kappa shape index (κ1) is 20.0. The molecule has 2 aliphatic rings. The Morgan fingerprint density at radius 2 is 2.04 bits per heavy atom. The van der Waals surface area contributed by atoms with Crippen molar-refractivity contribution in [3.63, 3.8) is 0 Å². The van der Waals surface area contributed by atoms with Gasteiger partial charge in [-0.25, -0.2) is 4.99 Å². The number of rotatable bonds is 10. The van der Waals surface area contributed by atoms with Gasteiger partial charge in [0.2, 0.25) is 0 Å². The summed E-state index contributed by atoms with van der Waals surface area (Å²) in [6.07, 6.45) is 3.71. The highest BCUT2D eigenvalue weighted by Gasteiger charge is 2.22. The van der Waals surface area contributed by atoms with Crippen molar-refractivity contribution in [2.75, 3.05) is 52.5 Å². The first-order chi connectivity index (χ1) is 13.3. The van der Waals surface area contributed by atoms with Crippen LogP contribution in [0.5, 0.6) is 5.75 Å². The van der Waals surface area contributed by atoms with Crippen molar-refractivity contribution in [3.8, 4) is 5.75 Å². The van der Waals surface area contributed by atoms with Gasteiger partial charge in [0.1, 0.15) is 5.75 Å². The summed E-state index contributed by atoms with van der Waals surface area (Å²) in [6, 6.07) is 8.24. The lowest BCUT2D eigenvalue weighted by molar-refractivity contribution is 0.0376. The zero-order valence-electron chi connectivity index (χ0n) is 16.6. The third-order valence-corrected chi connectivity index (χ3v) is 4.94. The lowest BCUT2D eigenvalue weighted by atomic mass is 10.2. The molecule has 6 heteroatoms. The van der Waals surface area contributed by atoms with E-state index in [9.17, 15) is 0 Å². The smallest absolute Gasteiger partial charge is 0.191 e. The molecule has 150 valence electrons. The Bertz CT molecular complexity index is 583. The standard InChI is InChI=1S/C21H34N4O2/c1-2-22-21(23-10-5-11-25-12-14-26-15-13-25)24-16-19-6-3-4-7-20(19)27-17-18-8-9-18/h3-4,6-7,18H,2,5,8-17H2,1H3,(H2,22,23,24). The van der Waals surface area contributed by atoms with Gasteiger partial charge in [-0.05, 0) is 44.7 Å². The van der Waals surface area contributed by atoms with Crippen LogP contribution in [0.1, 0.15) is 31.7 Å². The fourth-order valence-corrected chi connectivity index (χ4v) is 3.11. The Labute approximate surface area is 163 Å². The van der Waals surface area contributed by atoms with Crippen molar-refractivity contribution in [1.29, 1.82) is 0 Å². The van der Waals surface area contributed by atoms with Gasteiger partial charge in [0.25, 0.3) is 0 Å². The van der Waals surface area contributed by atoms with Crippen LogP contribution in [0.15, 0.2) is 29.3 Å². The van der Waals surface area contributed by atoms with Crippen LogP contribution in [0.2, 0.25) is 0 Å². The maximum absolute atomic E-state index is 5.99. The van der Waals surface area contributed by atoms with Crippen LogP contribution in [0.25, 0.3) is 0 Å². The van der Waals surface area contributed by atoms with Gasteiger partial charge >= 0.3 is 0 Å². The highest BCUT2D eigenvalue weighted by Crippen LogP contribution is 2.30. The van der Waals surface area contributed by atoms with E-state index >= 15 is 0 Å². The normalized spacial score (nSPS) is 18.3. The summed E-state index contributed by atoms with van der Waals surface area (Å²) in [4.78, 5) is 7.21. The van der Waals surface area contributed by atoms with Gasteiger partial charge < -0.3 is 20.1 Å². The Morgan fingerprint density at radius 3 is 2.81 bits per heavy atom. The van der Waals surface area contributed by atoms with Gasteiger partial charge in [-0.3, -0.25) is 4.90 Å². The van der Waals surface area contributed by atoms with E-state index < -0.39 is 0 Å². The summed E-state index contributed by atoms with van der Waals surface area (Å²) in [6.45, 7) is 10.3. The van der Waals surface area contributed by atoms with Crippen molar-refractivity contribution >= 4 is 5.96 Å². The SMILES string of the molecule is CCNC(=NCc1ccccc1OCC1CC1)NCCCN1CCOCC1. The van der Waals surface area contributed by atoms with Crippen molar-refractivity contribution in [2.45, 2.75) is 32.7 Å². The molecule has 1 saturated carbocycles. The molecule has 1 aliphatic heterocycles. The molecule has 0 radical (unpaired) electrons. The van der Waals surface area contributed by atoms with Gasteiger partial charge in [0, 0.05) is 31.7 Å². The minimum Gasteiger partial charge on any atom is -0.493 e. The Kier molecular flexibility index (Phi) is 8.24. The summed E-state index contributed by atoms with van der Waals surface area (Å²) in [5.74, 6) is 2.60. The number of guanidine groups is 1. The molecule has 0 aromatic heterocycles. The highest BCUT2D eigenvalue weighted by molar-refractivity contribution is 5.79. The molecule has 0 spiro atoms. The second-order valence-corrected chi connectivity index (χ2v) is 7.29. The molecule has 0 atom stereocenters. The van der Waals surface area contributed by atoms with Gasteiger partial charge in [0.15, 0.2) is 5.96 Å². The predicted octanol–water partition coefficient (Wildman–Crippen LogP) is 2.25. The van der Waals surface area contributed by atoms with E-state index in [2.05, 4.69) is 40.7 Å². The third kappa shape index (κ3) is 7.39. The molecule has 1 aromatic rings. The molecule has 0 amide bonds. The summed E-state index contributed by atoms with van der Waals surface area (Å²) >= 11 is 0. The van der Waals surface area contributed by atoms with Crippen LogP contribution >= 0.6 is 0 Å². The van der Waals surface area contributed by atoms with E-state index in [0.29, 0.717) is 6.54 Å². The minimum absolute atomic E-state index is 0.625. The molecule has 27 heavy (non-hydrogen) atoms. The van der Waals surface area contributed by atoms with Gasteiger partial charge in [-0.1, -0.05) is 18.2 Å². The van der Waals surface area contributed by atoms with E-state index in [4.69, 9.17) is 14.5 Å². The molecule has 1 aliphatic carbocycles. The monoisotopic (exact) mass is 374 g/mol. The summed E-state index contributed by atoms with van der Waals surface area (Å²) < 4.78 is 11.4. The Hall–Kier alpha value is -1.79. The lowest BCUT2D eigenvalue weighted by Gasteiger charge is -2.26. The fraction of sp³-hybridized carbons (Fsp3) is 0.667. The van der Waals surface area contributed by atoms with Crippen LogP contribution in [-0.4, -0.2) is 63.4 Å². The quantitative estimate of drug-likeness (QED) is 0.374. The van der Waals surface area contributed by atoms with E-state index in [1.807, 2.05) is 6.07 Å². The molecule has 0 unspecified atom stereocenters. The fourth-order valence-electron chi connectivity index (χ4n) is 3.11. The molecule has 0 bridgehead atoms. The summed E-state index contributed by atoms with van der Waals surface area (Å²) in [5, 5.41) is 6.79. The number of nitrogens with zero attached hydrogens (tertiary/aromatic N) is 2. The largest absolute Gasteiger partial charge is 0.493 e. The lowest BCUT2D eigenvalue weighted by Crippen LogP contribution is -2.40. The molecule has 3 rings (SSSR count). The Balaban J connectivity index is 1.44. The van der Waals surface area contributed by atoms with E-state index in [1.165, 1.54) is 12.8 Å². The number of benzene rings is 1. The molecule has 2 N–H and O–H groups in total. The number of hydrogen-bond acceptors (Lipinski definition) is 4. The number of hydrogen-bond donors (Lipinski definition) is 2. The van der Waals surface area contributed by atoms with Crippen LogP contribution in [0.4, 0.5) is 0 Å². The molecular weight excluding hydrogens is 340 g/mol. The maximum Gasteiger partial charge on any atom is 0.191 e. The minimum atomic E-state index is 0.625. The predicted molar refractivity (Wildman–Crippen MR) is 109 cm³/mol. The van der Waals surface area contributed by atoms with Crippen LogP contribution < -0.4 is 15.4 Å². The summed E-state index contributed by atoms with van der Waals surface area (Å²) in [5.41, 5.74) is 1.14. The second-order valence-electron chi connectivity index (χ2n) is 7.29. The van der Waals surface area contributed by atoms with Crippen LogP contribution in [0.3, 0.4) is 0 Å². The molecular formula is C21H34N4O2. The van der Waals surface area contributed by atoms with E-state index in [-0.39, 0.29) is 0 Å². The second kappa shape index (κ2) is 11.1. The third-order valence-electron chi connectivity index (χ3n) is 4.94. The number of aliphatic imine (C=N–C) groups is 1. The molecule has 2 fully saturated rings. The zero-order chi connectivity index (χ0) is 18.7. The average molecular weight is 375 g/mol. The van der Waals surface area contributed by atoms with E-state index in [0.717, 1.165) is 82.2 Å². The van der Waals surface area contributed by atoms with Crippen LogP contribution in [0, 0.1) is 5.92 Å². The summed E-state index contributed by atoms with van der Waals surface area (Å²) in [7, 11) is 0. The van der Waals surface area contributed by atoms with Crippen molar-refractivity contribution in [3.05, 3.63) is 29.8 Å². The molecule has 1 aromatic carbocycles. The molecule has 1 saturated heterocycles. The number of morpholine rings is 1. The van der Waals surface area contributed by atoms with Crippen molar-refractivity contribution in [1.82, 2.24) is 15.5 Å². The first-order valence-corrected chi connectivity index (χ1v) is 10.4. The van der Waals surface area contributed by atoms with E-state index in [1.54, 1.807) is 0 Å². The van der Waals surface area contributed by atoms with Crippen molar-refractivity contribution in [2.24, 2.45) is 10.9 Å². The van der Waals surface area contributed by atoms with Crippen LogP contribution in [-0.2, 0) is 11.3 Å². The zero-order valence-corrected chi connectivity index (χ0v) is 16.6. The highest BCUT2D eigenvalue weighted by atomic mass is 16.5. The molecule has 1 heterocycles. The van der Waals surface area contributed by atoms with Crippen molar-refractivity contribution < 1.29 is 9.47 Å². The Morgan fingerprint density at radius 1 is 1.22 bits per heavy atom. The number of para-hydroxylation sites is 1. The average Bonchev–Trinajstić information content (AvgIpc) is 3.53. The molecule has 6 nitrogen and oxygen atoms in total. The van der Waals surface area contributed by atoms with Gasteiger partial charge in [-0.2, -0.15) is 0 Å². The van der Waals surface area contributed by atoms with Gasteiger partial charge in [0.05, 0.1) is 26.4 Å².